The third-order valence-electron chi connectivity index (χ3n) is 5.22. The van der Waals surface area contributed by atoms with Gasteiger partial charge in [-0.1, -0.05) is 20.3 Å². The first kappa shape index (κ1) is 15.8. The Labute approximate surface area is 123 Å². The quantitative estimate of drug-likeness (QED) is 0.858. The Morgan fingerprint density at radius 1 is 1.40 bits per heavy atom. The molecule has 116 valence electrons. The van der Waals surface area contributed by atoms with Gasteiger partial charge < -0.3 is 15.0 Å². The van der Waals surface area contributed by atoms with Crippen molar-refractivity contribution in [3.8, 4) is 0 Å². The van der Waals surface area contributed by atoms with Crippen molar-refractivity contribution in [2.24, 2.45) is 11.3 Å². The molecule has 1 amide bonds. The van der Waals surface area contributed by atoms with Gasteiger partial charge in [-0.15, -0.1) is 0 Å². The summed E-state index contributed by atoms with van der Waals surface area (Å²) in [5.41, 5.74) is -0.112. The molecule has 0 aromatic rings. The first-order chi connectivity index (χ1) is 9.63. The van der Waals surface area contributed by atoms with Crippen LogP contribution in [0.3, 0.4) is 0 Å². The Kier molecular flexibility index (Phi) is 5.44. The molecule has 2 fully saturated rings. The second kappa shape index (κ2) is 6.90. The lowest BCUT2D eigenvalue weighted by atomic mass is 9.73. The first-order valence-corrected chi connectivity index (χ1v) is 8.16. The Balaban J connectivity index is 2.07. The third kappa shape index (κ3) is 3.17. The number of carbonyl (C=O) groups excluding carboxylic acids is 1. The molecular formula is C16H30N2O2. The number of hydrogen-bond donors (Lipinski definition) is 1. The topological polar surface area (TPSA) is 41.6 Å². The molecule has 4 heteroatoms. The van der Waals surface area contributed by atoms with E-state index in [1.54, 1.807) is 7.11 Å². The van der Waals surface area contributed by atoms with Crippen LogP contribution in [0.5, 0.6) is 0 Å². The van der Waals surface area contributed by atoms with Gasteiger partial charge >= 0.3 is 0 Å². The highest BCUT2D eigenvalue weighted by atomic mass is 16.5. The molecule has 2 saturated heterocycles. The van der Waals surface area contributed by atoms with Gasteiger partial charge in [0.1, 0.15) is 0 Å². The van der Waals surface area contributed by atoms with Gasteiger partial charge in [-0.05, 0) is 44.7 Å². The maximum Gasteiger partial charge on any atom is 0.228 e. The number of amides is 1. The average Bonchev–Trinajstić information content (AvgIpc) is 2.48. The molecule has 1 N–H and O–H groups in total. The van der Waals surface area contributed by atoms with Crippen molar-refractivity contribution in [3.05, 3.63) is 0 Å². The van der Waals surface area contributed by atoms with Crippen molar-refractivity contribution in [2.75, 3.05) is 33.3 Å². The molecule has 0 aromatic heterocycles. The minimum absolute atomic E-state index is 0.112. The molecule has 2 aliphatic heterocycles. The van der Waals surface area contributed by atoms with Gasteiger partial charge in [0.25, 0.3) is 0 Å². The van der Waals surface area contributed by atoms with Gasteiger partial charge in [-0.25, -0.2) is 0 Å². The number of ether oxygens (including phenoxy) is 1. The van der Waals surface area contributed by atoms with Crippen molar-refractivity contribution in [1.29, 1.82) is 0 Å². The number of rotatable bonds is 4. The van der Waals surface area contributed by atoms with Crippen molar-refractivity contribution >= 4 is 5.91 Å². The summed E-state index contributed by atoms with van der Waals surface area (Å²) in [7, 11) is 1.77. The SMILES string of the molecule is CCCC1(C(=O)N2CCC(C)C(OC)C2)CCNCC1. The normalized spacial score (nSPS) is 30.2. The van der Waals surface area contributed by atoms with Crippen LogP contribution in [0, 0.1) is 11.3 Å². The Morgan fingerprint density at radius 3 is 2.70 bits per heavy atom. The van der Waals surface area contributed by atoms with Crippen molar-refractivity contribution < 1.29 is 9.53 Å². The lowest BCUT2D eigenvalue weighted by molar-refractivity contribution is -0.149. The summed E-state index contributed by atoms with van der Waals surface area (Å²) in [5.74, 6) is 0.939. The first-order valence-electron chi connectivity index (χ1n) is 8.16. The minimum atomic E-state index is -0.112. The van der Waals surface area contributed by atoms with Crippen molar-refractivity contribution in [1.82, 2.24) is 10.2 Å². The van der Waals surface area contributed by atoms with Crippen LogP contribution in [0.1, 0.15) is 46.0 Å². The van der Waals surface area contributed by atoms with E-state index < -0.39 is 0 Å². The summed E-state index contributed by atoms with van der Waals surface area (Å²) in [4.78, 5) is 15.2. The molecule has 2 rings (SSSR count). The lowest BCUT2D eigenvalue weighted by Crippen LogP contribution is -2.54. The molecule has 0 aromatic carbocycles. The zero-order chi connectivity index (χ0) is 14.6. The molecule has 2 aliphatic rings. The molecule has 0 aliphatic carbocycles. The predicted octanol–water partition coefficient (Wildman–Crippen LogP) is 2.04. The predicted molar refractivity (Wildman–Crippen MR) is 80.6 cm³/mol. The maximum absolute atomic E-state index is 13.1. The molecule has 0 bridgehead atoms. The average molecular weight is 282 g/mol. The fourth-order valence-electron chi connectivity index (χ4n) is 3.82. The number of methoxy groups -OCH3 is 1. The summed E-state index contributed by atoms with van der Waals surface area (Å²) < 4.78 is 5.56. The highest BCUT2D eigenvalue weighted by Crippen LogP contribution is 2.37. The van der Waals surface area contributed by atoms with E-state index in [-0.39, 0.29) is 11.5 Å². The summed E-state index contributed by atoms with van der Waals surface area (Å²) in [6.07, 6.45) is 5.35. The van der Waals surface area contributed by atoms with E-state index in [1.165, 1.54) is 0 Å². The van der Waals surface area contributed by atoms with Crippen molar-refractivity contribution in [2.45, 2.75) is 52.1 Å². The molecule has 4 nitrogen and oxygen atoms in total. The number of nitrogens with zero attached hydrogens (tertiary/aromatic N) is 1. The smallest absolute Gasteiger partial charge is 0.228 e. The Hall–Kier alpha value is -0.610. The van der Waals surface area contributed by atoms with Crippen molar-refractivity contribution in [3.63, 3.8) is 0 Å². The van der Waals surface area contributed by atoms with Gasteiger partial charge in [0.15, 0.2) is 0 Å². The van der Waals surface area contributed by atoms with Gasteiger partial charge in [-0.2, -0.15) is 0 Å². The van der Waals surface area contributed by atoms with E-state index in [9.17, 15) is 4.79 Å². The summed E-state index contributed by atoms with van der Waals surface area (Å²) in [6, 6.07) is 0. The fraction of sp³-hybridized carbons (Fsp3) is 0.938. The maximum atomic E-state index is 13.1. The summed E-state index contributed by atoms with van der Waals surface area (Å²) in [5, 5.41) is 3.39. The van der Waals surface area contributed by atoms with E-state index in [0.29, 0.717) is 11.8 Å². The standard InChI is InChI=1S/C16H30N2O2/c1-4-6-16(7-9-17-10-8-16)15(19)18-11-5-13(2)14(12-18)20-3/h13-14,17H,4-12H2,1-3H3. The molecule has 0 saturated carbocycles. The minimum Gasteiger partial charge on any atom is -0.379 e. The van der Waals surface area contributed by atoms with Crippen LogP contribution in [0.4, 0.5) is 0 Å². The van der Waals surface area contributed by atoms with E-state index >= 15 is 0 Å². The van der Waals surface area contributed by atoms with Crippen LogP contribution >= 0.6 is 0 Å². The van der Waals surface area contributed by atoms with E-state index in [1.807, 2.05) is 0 Å². The highest BCUT2D eigenvalue weighted by molar-refractivity contribution is 5.83. The van der Waals surface area contributed by atoms with Gasteiger partial charge in [0.05, 0.1) is 11.5 Å². The Morgan fingerprint density at radius 2 is 2.10 bits per heavy atom. The summed E-state index contributed by atoms with van der Waals surface area (Å²) in [6.45, 7) is 8.04. The summed E-state index contributed by atoms with van der Waals surface area (Å²) >= 11 is 0. The molecular weight excluding hydrogens is 252 g/mol. The van der Waals surface area contributed by atoms with Crippen LogP contribution in [0.15, 0.2) is 0 Å². The monoisotopic (exact) mass is 282 g/mol. The molecule has 20 heavy (non-hydrogen) atoms. The number of nitrogens with one attached hydrogen (secondary N) is 1. The molecule has 2 atom stereocenters. The van der Waals surface area contributed by atoms with Crippen LogP contribution in [0.2, 0.25) is 0 Å². The zero-order valence-corrected chi connectivity index (χ0v) is 13.3. The zero-order valence-electron chi connectivity index (χ0n) is 13.3. The van der Waals surface area contributed by atoms with E-state index in [4.69, 9.17) is 4.74 Å². The van der Waals surface area contributed by atoms with E-state index in [2.05, 4.69) is 24.1 Å². The number of likely N-dealkylation sites (tertiary alicyclic amines) is 1. The number of hydrogen-bond acceptors (Lipinski definition) is 3. The number of piperidine rings is 2. The van der Waals surface area contributed by atoms with E-state index in [0.717, 1.165) is 58.3 Å². The fourth-order valence-corrected chi connectivity index (χ4v) is 3.82. The lowest BCUT2D eigenvalue weighted by Gasteiger charge is -2.44. The largest absolute Gasteiger partial charge is 0.379 e. The highest BCUT2D eigenvalue weighted by Gasteiger charge is 2.42. The second-order valence-electron chi connectivity index (χ2n) is 6.57. The van der Waals surface area contributed by atoms with Crippen LogP contribution in [-0.2, 0) is 9.53 Å². The van der Waals surface area contributed by atoms with Gasteiger partial charge in [0.2, 0.25) is 5.91 Å². The third-order valence-corrected chi connectivity index (χ3v) is 5.22. The van der Waals surface area contributed by atoms with Crippen LogP contribution < -0.4 is 5.32 Å². The van der Waals surface area contributed by atoms with Gasteiger partial charge in [0, 0.05) is 20.2 Å². The molecule has 0 spiro atoms. The second-order valence-corrected chi connectivity index (χ2v) is 6.57. The molecule has 2 heterocycles. The number of carbonyl (C=O) groups is 1. The van der Waals surface area contributed by atoms with Crippen LogP contribution in [0.25, 0.3) is 0 Å². The van der Waals surface area contributed by atoms with Crippen LogP contribution in [-0.4, -0.2) is 50.2 Å². The van der Waals surface area contributed by atoms with Gasteiger partial charge in [-0.3, -0.25) is 4.79 Å². The Bertz CT molecular complexity index is 321. The molecule has 2 unspecified atom stereocenters. The molecule has 0 radical (unpaired) electrons.